The molecule has 0 spiro atoms. The molecule has 116 valence electrons. The van der Waals surface area contributed by atoms with E-state index in [0.29, 0.717) is 0 Å². The van der Waals surface area contributed by atoms with E-state index < -0.39 is 36.5 Å². The number of nitrogens with zero attached hydrogens (tertiary/aromatic N) is 1. The number of carbonyl (C=O) groups excluding carboxylic acids is 4. The summed E-state index contributed by atoms with van der Waals surface area (Å²) in [6.07, 6.45) is 0.0599. The van der Waals surface area contributed by atoms with Crippen LogP contribution in [0.3, 0.4) is 0 Å². The Labute approximate surface area is 120 Å². The Hall–Kier alpha value is -2.42. The Balaban J connectivity index is 2.38. The van der Waals surface area contributed by atoms with E-state index in [1.165, 1.54) is 0 Å². The molecule has 0 radical (unpaired) electrons. The molecule has 1 heterocycles. The zero-order chi connectivity index (χ0) is 15.8. The Bertz CT molecular complexity index is 458. The molecule has 0 aromatic heterocycles. The fraction of sp³-hybridized carbons (Fsp3) is 0.500. The molecule has 9 nitrogen and oxygen atoms in total. The second-order valence-corrected chi connectivity index (χ2v) is 3.98. The fourth-order valence-corrected chi connectivity index (χ4v) is 1.43. The van der Waals surface area contributed by atoms with Crippen LogP contribution < -0.4 is 0 Å². The van der Waals surface area contributed by atoms with Crippen molar-refractivity contribution in [2.24, 2.45) is 0 Å². The molecular formula is C12H15NO8. The summed E-state index contributed by atoms with van der Waals surface area (Å²) in [4.78, 5) is 45.8. The molecule has 0 bridgehead atoms. The van der Waals surface area contributed by atoms with Crippen LogP contribution in [0.25, 0.3) is 0 Å². The molecule has 1 aliphatic heterocycles. The smallest absolute Gasteiger partial charge is 0.331 e. The highest BCUT2D eigenvalue weighted by molar-refractivity contribution is 5.92. The van der Waals surface area contributed by atoms with Crippen molar-refractivity contribution in [2.75, 3.05) is 33.4 Å². The molecule has 0 aromatic carbocycles. The van der Waals surface area contributed by atoms with Crippen molar-refractivity contribution in [2.45, 2.75) is 6.10 Å². The van der Waals surface area contributed by atoms with E-state index in [1.807, 2.05) is 0 Å². The maximum absolute atomic E-state index is 11.8. The number of aliphatic hydroxyl groups is 1. The number of aliphatic hydroxyl groups excluding tert-OH is 1. The quantitative estimate of drug-likeness (QED) is 0.352. The van der Waals surface area contributed by atoms with Gasteiger partial charge in [-0.1, -0.05) is 0 Å². The van der Waals surface area contributed by atoms with Crippen LogP contribution in [0.5, 0.6) is 0 Å². The third-order valence-corrected chi connectivity index (χ3v) is 2.48. The largest absolute Gasteiger partial charge is 0.466 e. The standard InChI is InChI=1S/C12H15NO8/c1-19-9(15)2-3-10(16)21-7-8(14)12(18)13-4-5-20-11(17)6-13/h2-3,8,14H,4-7H2,1H3/b3-2+. The van der Waals surface area contributed by atoms with Gasteiger partial charge >= 0.3 is 17.9 Å². The Morgan fingerprint density at radius 2 is 2.05 bits per heavy atom. The molecule has 21 heavy (non-hydrogen) atoms. The topological polar surface area (TPSA) is 119 Å². The van der Waals surface area contributed by atoms with Gasteiger partial charge in [0.05, 0.1) is 13.7 Å². The number of methoxy groups -OCH3 is 1. The summed E-state index contributed by atoms with van der Waals surface area (Å²) in [5, 5.41) is 9.59. The van der Waals surface area contributed by atoms with Crippen molar-refractivity contribution in [3.8, 4) is 0 Å². The number of cyclic esters (lactones) is 1. The van der Waals surface area contributed by atoms with Gasteiger partial charge in [0.1, 0.15) is 19.8 Å². The van der Waals surface area contributed by atoms with E-state index in [-0.39, 0.29) is 19.7 Å². The molecule has 1 aliphatic rings. The first-order valence-electron chi connectivity index (χ1n) is 5.99. The molecule has 1 fully saturated rings. The average molecular weight is 301 g/mol. The highest BCUT2D eigenvalue weighted by atomic mass is 16.5. The summed E-state index contributed by atoms with van der Waals surface area (Å²) in [7, 11) is 1.14. The van der Waals surface area contributed by atoms with Crippen LogP contribution in [0.4, 0.5) is 0 Å². The number of morpholine rings is 1. The predicted molar refractivity (Wildman–Crippen MR) is 65.7 cm³/mol. The van der Waals surface area contributed by atoms with Gasteiger partial charge < -0.3 is 24.2 Å². The fourth-order valence-electron chi connectivity index (χ4n) is 1.43. The van der Waals surface area contributed by atoms with Crippen LogP contribution in [-0.4, -0.2) is 73.3 Å². The van der Waals surface area contributed by atoms with Gasteiger partial charge in [0.25, 0.3) is 5.91 Å². The lowest BCUT2D eigenvalue weighted by molar-refractivity contribution is -0.162. The maximum atomic E-state index is 11.8. The molecule has 0 saturated carbocycles. The number of amides is 1. The van der Waals surface area contributed by atoms with Gasteiger partial charge in [0.2, 0.25) is 0 Å². The number of hydrogen-bond acceptors (Lipinski definition) is 8. The molecule has 1 atom stereocenters. The summed E-state index contributed by atoms with van der Waals surface area (Å²) >= 11 is 0. The van der Waals surface area contributed by atoms with Gasteiger partial charge in [-0.05, 0) is 0 Å². The minimum atomic E-state index is -1.59. The van der Waals surface area contributed by atoms with Gasteiger partial charge in [0, 0.05) is 12.2 Å². The minimum Gasteiger partial charge on any atom is -0.466 e. The summed E-state index contributed by atoms with van der Waals surface area (Å²) < 4.78 is 13.5. The predicted octanol–water partition coefficient (Wildman–Crippen LogP) is -1.99. The molecule has 1 unspecified atom stereocenters. The molecule has 1 amide bonds. The number of ether oxygens (including phenoxy) is 3. The molecule has 9 heteroatoms. The highest BCUT2D eigenvalue weighted by Crippen LogP contribution is 2.02. The molecule has 0 aliphatic carbocycles. The Morgan fingerprint density at radius 3 is 2.67 bits per heavy atom. The first-order chi connectivity index (χ1) is 9.93. The lowest BCUT2D eigenvalue weighted by atomic mass is 10.3. The van der Waals surface area contributed by atoms with Crippen molar-refractivity contribution in [3.63, 3.8) is 0 Å². The van der Waals surface area contributed by atoms with E-state index in [1.54, 1.807) is 0 Å². The molecular weight excluding hydrogens is 286 g/mol. The van der Waals surface area contributed by atoms with Crippen molar-refractivity contribution >= 4 is 23.8 Å². The van der Waals surface area contributed by atoms with Gasteiger partial charge in [-0.15, -0.1) is 0 Å². The van der Waals surface area contributed by atoms with E-state index >= 15 is 0 Å². The number of esters is 3. The number of carbonyl (C=O) groups is 4. The average Bonchev–Trinajstić information content (AvgIpc) is 2.49. The van der Waals surface area contributed by atoms with Crippen LogP contribution in [-0.2, 0) is 33.4 Å². The first kappa shape index (κ1) is 16.6. The minimum absolute atomic E-state index is 0.0545. The summed E-state index contributed by atoms with van der Waals surface area (Å²) in [5.74, 6) is -2.96. The number of rotatable bonds is 5. The van der Waals surface area contributed by atoms with Gasteiger partial charge in [-0.3, -0.25) is 9.59 Å². The Morgan fingerprint density at radius 1 is 1.38 bits per heavy atom. The van der Waals surface area contributed by atoms with E-state index in [9.17, 15) is 24.3 Å². The van der Waals surface area contributed by atoms with E-state index in [4.69, 9.17) is 0 Å². The van der Waals surface area contributed by atoms with Crippen LogP contribution in [0, 0.1) is 0 Å². The highest BCUT2D eigenvalue weighted by Gasteiger charge is 2.28. The normalized spacial score (nSPS) is 16.3. The van der Waals surface area contributed by atoms with Crippen molar-refractivity contribution in [1.29, 1.82) is 0 Å². The van der Waals surface area contributed by atoms with Crippen LogP contribution in [0.1, 0.15) is 0 Å². The first-order valence-corrected chi connectivity index (χ1v) is 5.99. The summed E-state index contributed by atoms with van der Waals surface area (Å²) in [5.41, 5.74) is 0. The van der Waals surface area contributed by atoms with Crippen LogP contribution in [0.2, 0.25) is 0 Å². The molecule has 0 aromatic rings. The van der Waals surface area contributed by atoms with Crippen molar-refractivity contribution in [1.82, 2.24) is 4.90 Å². The van der Waals surface area contributed by atoms with Crippen molar-refractivity contribution < 1.29 is 38.5 Å². The zero-order valence-corrected chi connectivity index (χ0v) is 11.3. The third kappa shape index (κ3) is 5.61. The molecule has 1 N–H and O–H groups in total. The second-order valence-electron chi connectivity index (χ2n) is 3.98. The summed E-state index contributed by atoms with van der Waals surface area (Å²) in [6.45, 7) is -0.627. The third-order valence-electron chi connectivity index (χ3n) is 2.48. The van der Waals surface area contributed by atoms with Gasteiger partial charge in [0.15, 0.2) is 6.10 Å². The lowest BCUT2D eigenvalue weighted by Gasteiger charge is -2.27. The lowest BCUT2D eigenvalue weighted by Crippen LogP contribution is -2.48. The maximum Gasteiger partial charge on any atom is 0.331 e. The monoisotopic (exact) mass is 301 g/mol. The number of hydrogen-bond donors (Lipinski definition) is 1. The van der Waals surface area contributed by atoms with Crippen LogP contribution >= 0.6 is 0 Å². The van der Waals surface area contributed by atoms with Gasteiger partial charge in [-0.25, -0.2) is 9.59 Å². The zero-order valence-electron chi connectivity index (χ0n) is 11.3. The SMILES string of the molecule is COC(=O)/C=C/C(=O)OCC(O)C(=O)N1CCOC(=O)C1. The van der Waals surface area contributed by atoms with Gasteiger partial charge in [-0.2, -0.15) is 0 Å². The van der Waals surface area contributed by atoms with Crippen LogP contribution in [0.15, 0.2) is 12.2 Å². The van der Waals surface area contributed by atoms with E-state index in [2.05, 4.69) is 14.2 Å². The summed E-state index contributed by atoms with van der Waals surface area (Å²) in [6, 6.07) is 0. The molecule has 1 rings (SSSR count). The Kier molecular flexibility index (Phi) is 6.34. The van der Waals surface area contributed by atoms with Crippen molar-refractivity contribution in [3.05, 3.63) is 12.2 Å². The van der Waals surface area contributed by atoms with E-state index in [0.717, 1.165) is 24.2 Å². The second kappa shape index (κ2) is 8.00. The molecule has 1 saturated heterocycles.